The SMILES string of the molecule is CNC(=O)c1cc(Oc2ccc(NC(=O)c3cn(C)c4ccc(C(F)(F)F)cc4c3=O)cc2)ccn1. The number of benzene rings is 2. The summed E-state index contributed by atoms with van der Waals surface area (Å²) in [5.41, 5.74) is -1.31. The van der Waals surface area contributed by atoms with Crippen LogP contribution in [-0.4, -0.2) is 28.4 Å². The number of hydrogen-bond acceptors (Lipinski definition) is 5. The first-order valence-corrected chi connectivity index (χ1v) is 10.5. The largest absolute Gasteiger partial charge is 0.457 e. The van der Waals surface area contributed by atoms with Gasteiger partial charge in [0.25, 0.3) is 11.8 Å². The Balaban J connectivity index is 1.54. The summed E-state index contributed by atoms with van der Waals surface area (Å²) in [6, 6.07) is 12.0. The Morgan fingerprint density at radius 3 is 2.36 bits per heavy atom. The summed E-state index contributed by atoms with van der Waals surface area (Å²) in [4.78, 5) is 41.3. The second-order valence-electron chi connectivity index (χ2n) is 7.75. The fraction of sp³-hybridized carbons (Fsp3) is 0.120. The van der Waals surface area contributed by atoms with Crippen molar-refractivity contribution in [1.82, 2.24) is 14.9 Å². The summed E-state index contributed by atoms with van der Waals surface area (Å²) in [6.07, 6.45) is -1.92. The van der Waals surface area contributed by atoms with E-state index in [9.17, 15) is 27.6 Å². The molecule has 11 heteroatoms. The maximum absolute atomic E-state index is 13.1. The number of anilines is 1. The van der Waals surface area contributed by atoms with E-state index in [4.69, 9.17) is 4.74 Å². The van der Waals surface area contributed by atoms with Crippen molar-refractivity contribution in [1.29, 1.82) is 0 Å². The molecule has 0 spiro atoms. The molecule has 2 N–H and O–H groups in total. The van der Waals surface area contributed by atoms with Crippen LogP contribution in [0.1, 0.15) is 26.4 Å². The van der Waals surface area contributed by atoms with Crippen LogP contribution >= 0.6 is 0 Å². The zero-order chi connectivity index (χ0) is 26.0. The molecule has 2 heterocycles. The number of alkyl halides is 3. The number of nitrogens with one attached hydrogen (secondary N) is 2. The molecule has 0 atom stereocenters. The number of carbonyl (C=O) groups is 2. The van der Waals surface area contributed by atoms with Crippen LogP contribution in [-0.2, 0) is 13.2 Å². The van der Waals surface area contributed by atoms with Gasteiger partial charge < -0.3 is 19.9 Å². The van der Waals surface area contributed by atoms with Gasteiger partial charge in [0.15, 0.2) is 0 Å². The number of aromatic nitrogens is 2. The van der Waals surface area contributed by atoms with Crippen LogP contribution in [0.25, 0.3) is 10.9 Å². The van der Waals surface area contributed by atoms with Gasteiger partial charge in [-0.2, -0.15) is 13.2 Å². The number of pyridine rings is 2. The molecule has 0 bridgehead atoms. The third-order valence-corrected chi connectivity index (χ3v) is 5.30. The number of aryl methyl sites for hydroxylation is 1. The van der Waals surface area contributed by atoms with Gasteiger partial charge in [0.05, 0.1) is 11.1 Å². The van der Waals surface area contributed by atoms with Crippen molar-refractivity contribution in [2.45, 2.75) is 6.18 Å². The molecule has 2 aromatic heterocycles. The van der Waals surface area contributed by atoms with Crippen LogP contribution in [0.2, 0.25) is 0 Å². The third-order valence-electron chi connectivity index (χ3n) is 5.30. The predicted octanol–water partition coefficient (Wildman–Crippen LogP) is 4.36. The van der Waals surface area contributed by atoms with Crippen LogP contribution in [0.15, 0.2) is 71.8 Å². The summed E-state index contributed by atoms with van der Waals surface area (Å²) in [6.45, 7) is 0. The van der Waals surface area contributed by atoms with Crippen molar-refractivity contribution in [2.24, 2.45) is 7.05 Å². The van der Waals surface area contributed by atoms with Crippen molar-refractivity contribution in [3.63, 3.8) is 0 Å². The van der Waals surface area contributed by atoms with Crippen LogP contribution in [0.3, 0.4) is 0 Å². The molecule has 184 valence electrons. The van der Waals surface area contributed by atoms with Crippen LogP contribution in [0, 0.1) is 0 Å². The van der Waals surface area contributed by atoms with Crippen LogP contribution < -0.4 is 20.8 Å². The molecule has 0 radical (unpaired) electrons. The highest BCUT2D eigenvalue weighted by atomic mass is 19.4. The smallest absolute Gasteiger partial charge is 0.416 e. The Hall–Kier alpha value is -4.67. The fourth-order valence-electron chi connectivity index (χ4n) is 3.50. The number of carbonyl (C=O) groups excluding carboxylic acids is 2. The average Bonchev–Trinajstić information content (AvgIpc) is 2.86. The Morgan fingerprint density at radius 2 is 1.69 bits per heavy atom. The summed E-state index contributed by atoms with van der Waals surface area (Å²) in [5, 5.41) is 4.82. The second kappa shape index (κ2) is 9.53. The summed E-state index contributed by atoms with van der Waals surface area (Å²) in [7, 11) is 3.02. The highest BCUT2D eigenvalue weighted by Gasteiger charge is 2.31. The van der Waals surface area contributed by atoms with Gasteiger partial charge in [0.2, 0.25) is 5.43 Å². The third kappa shape index (κ3) is 5.04. The lowest BCUT2D eigenvalue weighted by molar-refractivity contribution is -0.137. The van der Waals surface area contributed by atoms with E-state index in [1.165, 1.54) is 55.3 Å². The molecule has 4 rings (SSSR count). The molecule has 2 amide bonds. The molecule has 4 aromatic rings. The highest BCUT2D eigenvalue weighted by Crippen LogP contribution is 2.31. The number of hydrogen-bond donors (Lipinski definition) is 2. The van der Waals surface area contributed by atoms with E-state index in [-0.39, 0.29) is 28.1 Å². The van der Waals surface area contributed by atoms with E-state index in [0.717, 1.165) is 12.1 Å². The van der Waals surface area contributed by atoms with E-state index in [0.29, 0.717) is 17.2 Å². The van der Waals surface area contributed by atoms with Crippen LogP contribution in [0.4, 0.5) is 18.9 Å². The van der Waals surface area contributed by atoms with E-state index >= 15 is 0 Å². The van der Waals surface area contributed by atoms with E-state index in [2.05, 4.69) is 15.6 Å². The minimum absolute atomic E-state index is 0.179. The number of fused-ring (bicyclic) bond motifs is 1. The minimum atomic E-state index is -4.62. The summed E-state index contributed by atoms with van der Waals surface area (Å²) >= 11 is 0. The normalized spacial score (nSPS) is 11.2. The first-order chi connectivity index (χ1) is 17.1. The molecule has 36 heavy (non-hydrogen) atoms. The molecule has 0 aliphatic heterocycles. The van der Waals surface area contributed by atoms with E-state index in [1.54, 1.807) is 18.2 Å². The zero-order valence-electron chi connectivity index (χ0n) is 19.0. The Morgan fingerprint density at radius 1 is 0.972 bits per heavy atom. The highest BCUT2D eigenvalue weighted by molar-refractivity contribution is 6.05. The van der Waals surface area contributed by atoms with Gasteiger partial charge in [-0.25, -0.2) is 0 Å². The van der Waals surface area contributed by atoms with Gasteiger partial charge in [0.1, 0.15) is 22.8 Å². The Bertz CT molecular complexity index is 1530. The average molecular weight is 496 g/mol. The van der Waals surface area contributed by atoms with Gasteiger partial charge in [-0.3, -0.25) is 19.4 Å². The lowest BCUT2D eigenvalue weighted by atomic mass is 10.1. The number of rotatable bonds is 5. The molecule has 0 saturated carbocycles. The first-order valence-electron chi connectivity index (χ1n) is 10.5. The number of halogens is 3. The second-order valence-corrected chi connectivity index (χ2v) is 7.75. The van der Waals surface area contributed by atoms with Gasteiger partial charge in [-0.05, 0) is 48.5 Å². The molecule has 0 aliphatic carbocycles. The maximum Gasteiger partial charge on any atom is 0.416 e. The zero-order valence-corrected chi connectivity index (χ0v) is 19.0. The molecule has 0 fully saturated rings. The van der Waals surface area contributed by atoms with E-state index < -0.39 is 23.1 Å². The molecular formula is C25H19F3N4O4. The van der Waals surface area contributed by atoms with Gasteiger partial charge in [-0.1, -0.05) is 0 Å². The van der Waals surface area contributed by atoms with Gasteiger partial charge >= 0.3 is 6.18 Å². The van der Waals surface area contributed by atoms with Crippen molar-refractivity contribution < 1.29 is 27.5 Å². The van der Waals surface area contributed by atoms with Gasteiger partial charge in [-0.15, -0.1) is 0 Å². The van der Waals surface area contributed by atoms with Crippen molar-refractivity contribution in [3.8, 4) is 11.5 Å². The first kappa shape index (κ1) is 24.5. The molecular weight excluding hydrogens is 477 g/mol. The van der Waals surface area contributed by atoms with Gasteiger partial charge in [0, 0.05) is 43.6 Å². The van der Waals surface area contributed by atoms with E-state index in [1.807, 2.05) is 0 Å². The van der Waals surface area contributed by atoms with Crippen LogP contribution in [0.5, 0.6) is 11.5 Å². The van der Waals surface area contributed by atoms with Crippen molar-refractivity contribution in [3.05, 3.63) is 94.0 Å². The minimum Gasteiger partial charge on any atom is -0.457 e. The Labute approximate surface area is 202 Å². The fourth-order valence-corrected chi connectivity index (χ4v) is 3.50. The summed E-state index contributed by atoms with van der Waals surface area (Å²) in [5.74, 6) is -0.359. The molecule has 0 aliphatic rings. The molecule has 2 aromatic carbocycles. The monoisotopic (exact) mass is 496 g/mol. The predicted molar refractivity (Wildman–Crippen MR) is 126 cm³/mol. The van der Waals surface area contributed by atoms with Crippen molar-refractivity contribution >= 4 is 28.4 Å². The Kier molecular flexibility index (Phi) is 6.47. The molecule has 8 nitrogen and oxygen atoms in total. The number of ether oxygens (including phenoxy) is 1. The molecule has 0 unspecified atom stereocenters. The lowest BCUT2D eigenvalue weighted by Crippen LogP contribution is -2.23. The topological polar surface area (TPSA) is 102 Å². The molecule has 0 saturated heterocycles. The number of nitrogens with zero attached hydrogens (tertiary/aromatic N) is 2. The van der Waals surface area contributed by atoms with Crippen molar-refractivity contribution in [2.75, 3.05) is 12.4 Å². The quantitative estimate of drug-likeness (QED) is 0.428. The number of amides is 2. The summed E-state index contributed by atoms with van der Waals surface area (Å²) < 4.78 is 46.5. The standard InChI is InChI=1S/C25H19F3N4O4/c1-29-24(35)20-12-17(9-10-30-20)36-16-6-4-15(5-7-16)31-23(34)19-13-32(2)21-8-3-14(25(26,27)28)11-18(21)22(19)33/h3-13H,1-2H3,(H,29,35)(H,31,34). The lowest BCUT2D eigenvalue weighted by Gasteiger charge is -2.12. The maximum atomic E-state index is 13.1.